The van der Waals surface area contributed by atoms with E-state index in [-0.39, 0.29) is 18.4 Å². The molecule has 0 saturated carbocycles. The van der Waals surface area contributed by atoms with Crippen LogP contribution in [-0.4, -0.2) is 69.3 Å². The molecule has 0 spiro atoms. The lowest BCUT2D eigenvalue weighted by molar-refractivity contribution is -0.131. The first-order chi connectivity index (χ1) is 16.5. The molecule has 1 N–H and O–H groups in total. The number of hydrogen-bond donors (Lipinski definition) is 1. The quantitative estimate of drug-likeness (QED) is 0.427. The number of aromatic nitrogens is 4. The number of carbonyl (C=O) groups is 2. The second-order valence-electron chi connectivity index (χ2n) is 8.15. The second-order valence-corrected chi connectivity index (χ2v) is 8.54. The molecule has 0 unspecified atom stereocenters. The van der Waals surface area contributed by atoms with Crippen LogP contribution in [-0.2, 0) is 16.1 Å². The third-order valence-corrected chi connectivity index (χ3v) is 6.10. The summed E-state index contributed by atoms with van der Waals surface area (Å²) in [5.74, 6) is 1.05. The number of H-pyrrole nitrogens is 1. The number of aromatic amines is 1. The van der Waals surface area contributed by atoms with Crippen LogP contribution >= 0.6 is 12.2 Å². The first-order valence-corrected chi connectivity index (χ1v) is 11.7. The average Bonchev–Trinajstić information content (AvgIpc) is 3.04. The Balaban J connectivity index is 1.41. The van der Waals surface area contributed by atoms with Crippen LogP contribution in [0.1, 0.15) is 29.3 Å². The maximum Gasteiger partial charge on any atom is 0.339 e. The molecule has 0 radical (unpaired) electrons. The van der Waals surface area contributed by atoms with Crippen molar-refractivity contribution in [2.75, 3.05) is 37.7 Å². The van der Waals surface area contributed by atoms with Crippen molar-refractivity contribution < 1.29 is 14.3 Å². The number of carbonyl (C=O) groups excluding carboxylic acids is 2. The number of anilines is 1. The Labute approximate surface area is 203 Å². The van der Waals surface area contributed by atoms with E-state index in [4.69, 9.17) is 17.0 Å². The number of benzene rings is 1. The Morgan fingerprint density at radius 2 is 1.88 bits per heavy atom. The molecule has 4 rings (SSSR count). The maximum atomic E-state index is 13.2. The summed E-state index contributed by atoms with van der Waals surface area (Å²) in [6.45, 7) is 6.91. The van der Waals surface area contributed by atoms with Crippen LogP contribution in [0.5, 0.6) is 0 Å². The van der Waals surface area contributed by atoms with Crippen LogP contribution in [0, 0.1) is 11.7 Å². The molecule has 2 aromatic heterocycles. The van der Waals surface area contributed by atoms with Crippen LogP contribution < -0.4 is 4.90 Å². The van der Waals surface area contributed by atoms with Crippen molar-refractivity contribution in [1.82, 2.24) is 24.6 Å². The minimum absolute atomic E-state index is 0.00155. The van der Waals surface area contributed by atoms with Gasteiger partial charge in [0.15, 0.2) is 10.6 Å². The number of nitrogens with one attached hydrogen (secondary N) is 1. The third-order valence-electron chi connectivity index (χ3n) is 5.79. The summed E-state index contributed by atoms with van der Waals surface area (Å²) in [6, 6.07) is 11.5. The van der Waals surface area contributed by atoms with E-state index in [1.165, 1.54) is 6.20 Å². The zero-order valence-corrected chi connectivity index (χ0v) is 20.2. The molecule has 1 aliphatic heterocycles. The highest BCUT2D eigenvalue weighted by molar-refractivity contribution is 7.71. The Kier molecular flexibility index (Phi) is 7.36. The summed E-state index contributed by atoms with van der Waals surface area (Å²) < 4.78 is 7.19. The van der Waals surface area contributed by atoms with Crippen LogP contribution in [0.2, 0.25) is 0 Å². The van der Waals surface area contributed by atoms with Crippen LogP contribution in [0.4, 0.5) is 5.82 Å². The highest BCUT2D eigenvalue weighted by atomic mass is 32.1. The van der Waals surface area contributed by atoms with E-state index in [9.17, 15) is 9.59 Å². The van der Waals surface area contributed by atoms with Gasteiger partial charge in [0.2, 0.25) is 5.91 Å². The molecule has 34 heavy (non-hydrogen) atoms. The lowest BCUT2D eigenvalue weighted by atomic mass is 10.1. The van der Waals surface area contributed by atoms with Gasteiger partial charge in [0.05, 0.1) is 12.2 Å². The summed E-state index contributed by atoms with van der Waals surface area (Å²) in [6.07, 6.45) is 2.35. The first kappa shape index (κ1) is 23.6. The minimum atomic E-state index is -0.378. The van der Waals surface area contributed by atoms with Crippen molar-refractivity contribution in [1.29, 1.82) is 0 Å². The van der Waals surface area contributed by atoms with Gasteiger partial charge in [-0.25, -0.2) is 9.78 Å². The van der Waals surface area contributed by atoms with E-state index >= 15 is 0 Å². The summed E-state index contributed by atoms with van der Waals surface area (Å²) in [4.78, 5) is 33.4. The van der Waals surface area contributed by atoms with Crippen molar-refractivity contribution in [3.05, 3.63) is 58.5 Å². The lowest BCUT2D eigenvalue weighted by Gasteiger charge is -2.23. The fraction of sp³-hybridized carbons (Fsp3) is 0.375. The number of aryl methyl sites for hydroxylation is 1. The van der Waals surface area contributed by atoms with Gasteiger partial charge in [-0.1, -0.05) is 29.8 Å². The molecule has 9 nitrogen and oxygen atoms in total. The zero-order chi connectivity index (χ0) is 24.1. The van der Waals surface area contributed by atoms with Crippen molar-refractivity contribution >= 4 is 29.9 Å². The second kappa shape index (κ2) is 10.6. The van der Waals surface area contributed by atoms with Gasteiger partial charge < -0.3 is 14.5 Å². The zero-order valence-electron chi connectivity index (χ0n) is 19.4. The molecule has 0 aliphatic carbocycles. The van der Waals surface area contributed by atoms with Gasteiger partial charge in [-0.05, 0) is 44.6 Å². The van der Waals surface area contributed by atoms with E-state index < -0.39 is 0 Å². The largest absolute Gasteiger partial charge is 0.462 e. The summed E-state index contributed by atoms with van der Waals surface area (Å²) in [5, 5.41) is 7.16. The Bertz CT molecular complexity index is 1200. The molecule has 178 valence electrons. The number of amides is 1. The number of rotatable bonds is 6. The molecular weight excluding hydrogens is 452 g/mol. The number of hydrogen-bond acceptors (Lipinski definition) is 7. The van der Waals surface area contributed by atoms with Crippen molar-refractivity contribution in [3.63, 3.8) is 0 Å². The fourth-order valence-corrected chi connectivity index (χ4v) is 4.12. The summed E-state index contributed by atoms with van der Waals surface area (Å²) in [7, 11) is 0. The van der Waals surface area contributed by atoms with Crippen LogP contribution in [0.3, 0.4) is 0 Å². The number of nitrogens with zero attached hydrogens (tertiary/aromatic N) is 5. The topological polar surface area (TPSA) is 96.4 Å². The molecule has 1 fully saturated rings. The maximum absolute atomic E-state index is 13.2. The Morgan fingerprint density at radius 3 is 2.59 bits per heavy atom. The molecule has 0 bridgehead atoms. The molecular formula is C24H28N6O3S. The molecule has 3 aromatic rings. The molecule has 1 amide bonds. The molecule has 1 saturated heterocycles. The van der Waals surface area contributed by atoms with Gasteiger partial charge in [-0.3, -0.25) is 14.5 Å². The van der Waals surface area contributed by atoms with E-state index in [0.717, 1.165) is 29.9 Å². The highest BCUT2D eigenvalue weighted by Crippen LogP contribution is 2.19. The number of esters is 1. The average molecular weight is 481 g/mol. The predicted molar refractivity (Wildman–Crippen MR) is 131 cm³/mol. The third kappa shape index (κ3) is 5.33. The van der Waals surface area contributed by atoms with Crippen LogP contribution in [0.25, 0.3) is 11.4 Å². The first-order valence-electron chi connectivity index (χ1n) is 11.3. The van der Waals surface area contributed by atoms with Crippen LogP contribution in [0.15, 0.2) is 42.6 Å². The van der Waals surface area contributed by atoms with Gasteiger partial charge in [0.1, 0.15) is 12.4 Å². The molecule has 3 heterocycles. The monoisotopic (exact) mass is 480 g/mol. The molecule has 0 atom stereocenters. The Morgan fingerprint density at radius 1 is 1.09 bits per heavy atom. The van der Waals surface area contributed by atoms with Crippen molar-refractivity contribution in [3.8, 4) is 11.4 Å². The smallest absolute Gasteiger partial charge is 0.339 e. The standard InChI is InChI=1S/C24H28N6O3S/c1-3-33-23(32)19-9-10-20(25-15-19)28-11-4-12-29(14-13-28)21(31)16-30-22(26-27-24(30)34)18-7-5-17(2)6-8-18/h5-10,15H,3-4,11-14,16H2,1-2H3,(H,27,34). The predicted octanol–water partition coefficient (Wildman–Crippen LogP) is 3.23. The van der Waals surface area contributed by atoms with E-state index in [1.54, 1.807) is 17.6 Å². The lowest BCUT2D eigenvalue weighted by Crippen LogP contribution is -2.37. The van der Waals surface area contributed by atoms with Gasteiger partial charge in [-0.2, -0.15) is 5.10 Å². The van der Waals surface area contributed by atoms with Gasteiger partial charge in [0.25, 0.3) is 0 Å². The highest BCUT2D eigenvalue weighted by Gasteiger charge is 2.22. The summed E-state index contributed by atoms with van der Waals surface area (Å²) in [5.41, 5.74) is 2.49. The van der Waals surface area contributed by atoms with Gasteiger partial charge in [-0.15, -0.1) is 0 Å². The number of ether oxygens (including phenoxy) is 1. The molecule has 1 aliphatic rings. The molecule has 1 aromatic carbocycles. The van der Waals surface area contributed by atoms with Gasteiger partial charge in [0, 0.05) is 37.9 Å². The normalized spacial score (nSPS) is 14.1. The van der Waals surface area contributed by atoms with Gasteiger partial charge >= 0.3 is 5.97 Å². The SMILES string of the molecule is CCOC(=O)c1ccc(N2CCCN(C(=O)Cn3c(-c4ccc(C)cc4)n[nH]c3=S)CC2)nc1. The van der Waals surface area contributed by atoms with E-state index in [2.05, 4.69) is 20.1 Å². The number of pyridine rings is 1. The summed E-state index contributed by atoms with van der Waals surface area (Å²) >= 11 is 5.40. The van der Waals surface area contributed by atoms with E-state index in [1.807, 2.05) is 42.2 Å². The molecule has 10 heteroatoms. The minimum Gasteiger partial charge on any atom is -0.462 e. The van der Waals surface area contributed by atoms with Crippen molar-refractivity contribution in [2.45, 2.75) is 26.8 Å². The van der Waals surface area contributed by atoms with E-state index in [0.29, 0.717) is 42.4 Å². The Hall–Kier alpha value is -3.53. The fourth-order valence-electron chi connectivity index (χ4n) is 3.93. The van der Waals surface area contributed by atoms with Crippen molar-refractivity contribution in [2.24, 2.45) is 0 Å².